The number of nitrogens with zero attached hydrogens (tertiary/aromatic N) is 2. The number of likely N-dealkylation sites (N-methyl/N-ethyl adjacent to an activating group) is 1. The number of hydrogen-bond acceptors (Lipinski definition) is 3. The minimum absolute atomic E-state index is 0.0711. The molecule has 5 heteroatoms. The fraction of sp³-hybridized carbons (Fsp3) is 0.217. The molecule has 1 aromatic heterocycles. The van der Waals surface area contributed by atoms with Crippen molar-refractivity contribution in [3.05, 3.63) is 95.4 Å². The van der Waals surface area contributed by atoms with Crippen molar-refractivity contribution in [3.8, 4) is 0 Å². The number of benzene rings is 2. The van der Waals surface area contributed by atoms with Crippen LogP contribution in [0.15, 0.2) is 77.4 Å². The predicted octanol–water partition coefficient (Wildman–Crippen LogP) is 3.51. The van der Waals surface area contributed by atoms with Gasteiger partial charge in [0, 0.05) is 26.6 Å². The van der Waals surface area contributed by atoms with Gasteiger partial charge in [0.15, 0.2) is 5.76 Å². The first kappa shape index (κ1) is 18.0. The maximum absolute atomic E-state index is 13.3. The van der Waals surface area contributed by atoms with Crippen LogP contribution in [0.5, 0.6) is 0 Å². The van der Waals surface area contributed by atoms with Crippen molar-refractivity contribution in [1.29, 1.82) is 0 Å². The Morgan fingerprint density at radius 3 is 2.43 bits per heavy atom. The van der Waals surface area contributed by atoms with Gasteiger partial charge in [-0.15, -0.1) is 0 Å². The lowest BCUT2D eigenvalue weighted by atomic mass is 9.93. The van der Waals surface area contributed by atoms with Gasteiger partial charge in [0.2, 0.25) is 5.91 Å². The van der Waals surface area contributed by atoms with E-state index >= 15 is 0 Å². The second kappa shape index (κ2) is 7.72. The second-order valence-electron chi connectivity index (χ2n) is 7.08. The summed E-state index contributed by atoms with van der Waals surface area (Å²) in [4.78, 5) is 29.6. The number of furan rings is 1. The van der Waals surface area contributed by atoms with Crippen LogP contribution in [0, 0.1) is 0 Å². The third-order valence-corrected chi connectivity index (χ3v) is 5.17. The van der Waals surface area contributed by atoms with Crippen molar-refractivity contribution in [1.82, 2.24) is 9.80 Å². The number of amides is 2. The second-order valence-corrected chi connectivity index (χ2v) is 7.08. The molecular formula is C23H22N2O3. The Balaban J connectivity index is 1.61. The monoisotopic (exact) mass is 374 g/mol. The van der Waals surface area contributed by atoms with Crippen LogP contribution in [0.1, 0.15) is 27.2 Å². The van der Waals surface area contributed by atoms with Crippen molar-refractivity contribution in [2.45, 2.75) is 25.6 Å². The predicted molar refractivity (Wildman–Crippen MR) is 105 cm³/mol. The van der Waals surface area contributed by atoms with Crippen LogP contribution in [-0.4, -0.2) is 34.7 Å². The van der Waals surface area contributed by atoms with E-state index in [1.54, 1.807) is 29.0 Å². The van der Waals surface area contributed by atoms with Crippen LogP contribution in [0.4, 0.5) is 0 Å². The average molecular weight is 374 g/mol. The van der Waals surface area contributed by atoms with Crippen LogP contribution < -0.4 is 0 Å². The van der Waals surface area contributed by atoms with Crippen LogP contribution in [-0.2, 0) is 24.3 Å². The van der Waals surface area contributed by atoms with Gasteiger partial charge in [-0.3, -0.25) is 9.59 Å². The molecule has 2 heterocycles. The Morgan fingerprint density at radius 1 is 1.00 bits per heavy atom. The van der Waals surface area contributed by atoms with Gasteiger partial charge in [-0.05, 0) is 28.8 Å². The molecule has 0 fully saturated rings. The molecule has 142 valence electrons. The molecule has 28 heavy (non-hydrogen) atoms. The first-order chi connectivity index (χ1) is 13.6. The zero-order chi connectivity index (χ0) is 19.5. The molecule has 1 unspecified atom stereocenters. The topological polar surface area (TPSA) is 53.8 Å². The quantitative estimate of drug-likeness (QED) is 0.702. The van der Waals surface area contributed by atoms with E-state index in [9.17, 15) is 9.59 Å². The highest BCUT2D eigenvalue weighted by molar-refractivity contribution is 5.96. The van der Waals surface area contributed by atoms with Crippen molar-refractivity contribution in [2.75, 3.05) is 7.05 Å². The van der Waals surface area contributed by atoms with Crippen LogP contribution in [0.25, 0.3) is 0 Å². The molecule has 1 aliphatic rings. The maximum atomic E-state index is 13.3. The summed E-state index contributed by atoms with van der Waals surface area (Å²) in [5, 5.41) is 0. The molecule has 3 aromatic rings. The summed E-state index contributed by atoms with van der Waals surface area (Å²) >= 11 is 0. The van der Waals surface area contributed by atoms with E-state index in [4.69, 9.17) is 4.42 Å². The Kier molecular flexibility index (Phi) is 4.98. The lowest BCUT2D eigenvalue weighted by Crippen LogP contribution is -2.52. The van der Waals surface area contributed by atoms with Gasteiger partial charge in [0.25, 0.3) is 5.91 Å². The lowest BCUT2D eigenvalue weighted by Gasteiger charge is -2.37. The largest absolute Gasteiger partial charge is 0.459 e. The van der Waals surface area contributed by atoms with Gasteiger partial charge in [0.1, 0.15) is 6.04 Å². The standard InChI is InChI=1S/C23H22N2O3/c1-24(15-17-8-3-2-4-9-17)22(26)20-14-18-10-5-6-11-19(18)16-25(20)23(27)21-12-7-13-28-21/h2-13,20H,14-16H2,1H3. The zero-order valence-corrected chi connectivity index (χ0v) is 15.7. The van der Waals surface area contributed by atoms with E-state index in [1.807, 2.05) is 54.6 Å². The fourth-order valence-electron chi connectivity index (χ4n) is 3.69. The van der Waals surface area contributed by atoms with Crippen molar-refractivity contribution in [2.24, 2.45) is 0 Å². The van der Waals surface area contributed by atoms with Crippen LogP contribution >= 0.6 is 0 Å². The van der Waals surface area contributed by atoms with Gasteiger partial charge in [-0.1, -0.05) is 54.6 Å². The highest BCUT2D eigenvalue weighted by Gasteiger charge is 2.37. The summed E-state index contributed by atoms with van der Waals surface area (Å²) in [6.45, 7) is 0.895. The van der Waals surface area contributed by atoms with Crippen molar-refractivity contribution >= 4 is 11.8 Å². The first-order valence-electron chi connectivity index (χ1n) is 9.33. The summed E-state index contributed by atoms with van der Waals surface area (Å²) in [6.07, 6.45) is 1.98. The van der Waals surface area contributed by atoms with Crippen molar-refractivity contribution in [3.63, 3.8) is 0 Å². The summed E-state index contributed by atoms with van der Waals surface area (Å²) in [5.41, 5.74) is 3.23. The van der Waals surface area contributed by atoms with E-state index < -0.39 is 6.04 Å². The molecule has 5 nitrogen and oxygen atoms in total. The molecule has 4 rings (SSSR count). The molecule has 1 aliphatic heterocycles. The molecule has 1 atom stereocenters. The van der Waals surface area contributed by atoms with Gasteiger partial charge < -0.3 is 14.2 Å². The Morgan fingerprint density at radius 2 is 1.71 bits per heavy atom. The summed E-state index contributed by atoms with van der Waals surface area (Å²) in [5.74, 6) is -0.0767. The summed E-state index contributed by atoms with van der Waals surface area (Å²) in [6, 6.07) is 20.6. The third-order valence-electron chi connectivity index (χ3n) is 5.17. The number of carbonyl (C=O) groups excluding carboxylic acids is 2. The van der Waals surface area contributed by atoms with E-state index in [0.29, 0.717) is 19.5 Å². The van der Waals surface area contributed by atoms with Gasteiger partial charge >= 0.3 is 0 Å². The Bertz CT molecular complexity index is 967. The van der Waals surface area contributed by atoms with Crippen LogP contribution in [0.3, 0.4) is 0 Å². The molecule has 2 amide bonds. The molecule has 0 bridgehead atoms. The Hall–Kier alpha value is -3.34. The summed E-state index contributed by atoms with van der Waals surface area (Å²) in [7, 11) is 1.78. The number of carbonyl (C=O) groups is 2. The third kappa shape index (κ3) is 3.56. The SMILES string of the molecule is CN(Cc1ccccc1)C(=O)C1Cc2ccccc2CN1C(=O)c1ccco1. The van der Waals surface area contributed by atoms with E-state index in [1.165, 1.54) is 6.26 Å². The number of hydrogen-bond donors (Lipinski definition) is 0. The maximum Gasteiger partial charge on any atom is 0.290 e. The molecule has 0 radical (unpaired) electrons. The van der Waals surface area contributed by atoms with E-state index in [0.717, 1.165) is 16.7 Å². The molecule has 0 spiro atoms. The van der Waals surface area contributed by atoms with E-state index in [-0.39, 0.29) is 17.6 Å². The minimum Gasteiger partial charge on any atom is -0.459 e. The smallest absolute Gasteiger partial charge is 0.290 e. The molecule has 0 saturated heterocycles. The lowest BCUT2D eigenvalue weighted by molar-refractivity contribution is -0.135. The van der Waals surface area contributed by atoms with Gasteiger partial charge in [-0.2, -0.15) is 0 Å². The average Bonchev–Trinajstić information content (AvgIpc) is 3.27. The van der Waals surface area contributed by atoms with Gasteiger partial charge in [-0.25, -0.2) is 0 Å². The molecular weight excluding hydrogens is 352 g/mol. The number of rotatable bonds is 4. The fourth-order valence-corrected chi connectivity index (χ4v) is 3.69. The van der Waals surface area contributed by atoms with E-state index in [2.05, 4.69) is 0 Å². The zero-order valence-electron chi connectivity index (χ0n) is 15.7. The molecule has 0 saturated carbocycles. The first-order valence-corrected chi connectivity index (χ1v) is 9.33. The molecule has 0 N–H and O–H groups in total. The number of fused-ring (bicyclic) bond motifs is 1. The van der Waals surface area contributed by atoms with Crippen LogP contribution in [0.2, 0.25) is 0 Å². The summed E-state index contributed by atoms with van der Waals surface area (Å²) < 4.78 is 5.30. The highest BCUT2D eigenvalue weighted by Crippen LogP contribution is 2.26. The normalized spacial score (nSPS) is 15.8. The molecule has 0 aliphatic carbocycles. The Labute approximate surface area is 164 Å². The molecule has 2 aromatic carbocycles. The highest BCUT2D eigenvalue weighted by atomic mass is 16.3. The minimum atomic E-state index is -0.554. The van der Waals surface area contributed by atoms with Gasteiger partial charge in [0.05, 0.1) is 6.26 Å². The van der Waals surface area contributed by atoms with Crippen molar-refractivity contribution < 1.29 is 14.0 Å².